The molecule has 2 amide bonds. The number of aryl methyl sites for hydroxylation is 2. The fourth-order valence-electron chi connectivity index (χ4n) is 2.33. The van der Waals surface area contributed by atoms with E-state index in [-0.39, 0.29) is 5.57 Å². The van der Waals surface area contributed by atoms with Crippen LogP contribution in [0.4, 0.5) is 0 Å². The molecular weight excluding hydrogens is 242 g/mol. The summed E-state index contributed by atoms with van der Waals surface area (Å²) in [4.78, 5) is 25.2. The van der Waals surface area contributed by atoms with Crippen LogP contribution in [0.15, 0.2) is 24.0 Å². The number of rotatable bonds is 3. The van der Waals surface area contributed by atoms with E-state index >= 15 is 0 Å². The number of aliphatic hydroxyl groups is 1. The van der Waals surface area contributed by atoms with Crippen LogP contribution in [0.1, 0.15) is 30.0 Å². The molecule has 0 radical (unpaired) electrons. The van der Waals surface area contributed by atoms with Gasteiger partial charge in [-0.25, -0.2) is 0 Å². The summed E-state index contributed by atoms with van der Waals surface area (Å²) in [6, 6.07) is 5.57. The van der Waals surface area contributed by atoms with Crippen LogP contribution >= 0.6 is 0 Å². The minimum Gasteiger partial charge on any atom is -0.502 e. The zero-order chi connectivity index (χ0) is 14.2. The summed E-state index contributed by atoms with van der Waals surface area (Å²) in [6.45, 7) is 6.03. The molecule has 0 saturated heterocycles. The van der Waals surface area contributed by atoms with Gasteiger partial charge >= 0.3 is 0 Å². The first-order valence-electron chi connectivity index (χ1n) is 6.34. The zero-order valence-corrected chi connectivity index (χ0v) is 11.4. The van der Waals surface area contributed by atoms with E-state index in [0.717, 1.165) is 16.0 Å². The van der Waals surface area contributed by atoms with Gasteiger partial charge in [-0.1, -0.05) is 30.7 Å². The summed E-state index contributed by atoms with van der Waals surface area (Å²) in [5.74, 6) is -1.44. The number of benzene rings is 1. The van der Waals surface area contributed by atoms with Gasteiger partial charge in [0.1, 0.15) is 0 Å². The highest BCUT2D eigenvalue weighted by Gasteiger charge is 2.38. The van der Waals surface area contributed by atoms with Crippen molar-refractivity contribution >= 4 is 17.4 Å². The van der Waals surface area contributed by atoms with Crippen LogP contribution in [0.25, 0.3) is 5.57 Å². The number of nitrogens with zero attached hydrogens (tertiary/aromatic N) is 1. The molecule has 1 aromatic rings. The third kappa shape index (κ3) is 2.14. The summed E-state index contributed by atoms with van der Waals surface area (Å²) in [6.07, 6.45) is 0.672. The van der Waals surface area contributed by atoms with Crippen LogP contribution in [0, 0.1) is 13.8 Å². The fraction of sp³-hybridized carbons (Fsp3) is 0.333. The average Bonchev–Trinajstić information content (AvgIpc) is 2.55. The molecule has 0 aromatic heterocycles. The molecule has 0 fully saturated rings. The number of carbonyl (C=O) groups is 2. The summed E-state index contributed by atoms with van der Waals surface area (Å²) >= 11 is 0. The average molecular weight is 259 g/mol. The lowest BCUT2D eigenvalue weighted by Gasteiger charge is -2.13. The summed E-state index contributed by atoms with van der Waals surface area (Å²) in [5.41, 5.74) is 2.69. The standard InChI is InChI=1S/C15H17NO3/c1-4-7-16-14(18)12(13(17)15(16)19)11-6-5-9(2)8-10(11)3/h5-6,8,17H,4,7H2,1-3H3. The number of hydrogen-bond donors (Lipinski definition) is 1. The van der Waals surface area contributed by atoms with E-state index in [1.807, 2.05) is 32.9 Å². The highest BCUT2D eigenvalue weighted by Crippen LogP contribution is 2.30. The van der Waals surface area contributed by atoms with Gasteiger partial charge in [0.2, 0.25) is 0 Å². The molecule has 4 heteroatoms. The van der Waals surface area contributed by atoms with Gasteiger partial charge in [0.15, 0.2) is 5.76 Å². The third-order valence-corrected chi connectivity index (χ3v) is 3.24. The molecule has 4 nitrogen and oxygen atoms in total. The molecule has 100 valence electrons. The Morgan fingerprint density at radius 1 is 1.16 bits per heavy atom. The van der Waals surface area contributed by atoms with Crippen molar-refractivity contribution in [3.05, 3.63) is 40.6 Å². The van der Waals surface area contributed by atoms with Gasteiger partial charge in [-0.05, 0) is 31.4 Å². The van der Waals surface area contributed by atoms with Crippen LogP contribution in [0.3, 0.4) is 0 Å². The minimum atomic E-state index is -0.596. The van der Waals surface area contributed by atoms with Crippen molar-refractivity contribution in [2.45, 2.75) is 27.2 Å². The molecule has 0 unspecified atom stereocenters. The molecule has 2 rings (SSSR count). The Balaban J connectivity index is 2.50. The van der Waals surface area contributed by atoms with Gasteiger partial charge in [-0.2, -0.15) is 0 Å². The van der Waals surface area contributed by atoms with Crippen molar-refractivity contribution in [1.82, 2.24) is 4.90 Å². The Labute approximate surface area is 112 Å². The van der Waals surface area contributed by atoms with Crippen molar-refractivity contribution in [3.63, 3.8) is 0 Å². The third-order valence-electron chi connectivity index (χ3n) is 3.24. The largest absolute Gasteiger partial charge is 0.502 e. The summed E-state index contributed by atoms with van der Waals surface area (Å²) in [5, 5.41) is 9.94. The van der Waals surface area contributed by atoms with Gasteiger partial charge < -0.3 is 5.11 Å². The van der Waals surface area contributed by atoms with E-state index in [1.165, 1.54) is 0 Å². The maximum atomic E-state index is 12.2. The first-order valence-corrected chi connectivity index (χ1v) is 6.34. The van der Waals surface area contributed by atoms with Gasteiger partial charge in [0, 0.05) is 6.54 Å². The lowest BCUT2D eigenvalue weighted by Crippen LogP contribution is -2.32. The highest BCUT2D eigenvalue weighted by atomic mass is 16.3. The van der Waals surface area contributed by atoms with Crippen LogP contribution in [-0.2, 0) is 9.59 Å². The second kappa shape index (κ2) is 4.88. The van der Waals surface area contributed by atoms with E-state index in [9.17, 15) is 14.7 Å². The van der Waals surface area contributed by atoms with Crippen molar-refractivity contribution < 1.29 is 14.7 Å². The number of imide groups is 1. The quantitative estimate of drug-likeness (QED) is 0.848. The molecule has 0 saturated carbocycles. The first-order chi connectivity index (χ1) is 8.97. The number of hydrogen-bond acceptors (Lipinski definition) is 3. The van der Waals surface area contributed by atoms with E-state index in [4.69, 9.17) is 0 Å². The van der Waals surface area contributed by atoms with Gasteiger partial charge in [0.25, 0.3) is 11.8 Å². The number of amides is 2. The van der Waals surface area contributed by atoms with Crippen LogP contribution in [0.5, 0.6) is 0 Å². The van der Waals surface area contributed by atoms with Crippen molar-refractivity contribution in [2.75, 3.05) is 6.54 Å². The maximum Gasteiger partial charge on any atom is 0.296 e. The first kappa shape index (κ1) is 13.3. The minimum absolute atomic E-state index is 0.121. The highest BCUT2D eigenvalue weighted by molar-refractivity contribution is 6.35. The Kier molecular flexibility index (Phi) is 3.42. The molecule has 0 atom stereocenters. The Bertz CT molecular complexity index is 587. The predicted molar refractivity (Wildman–Crippen MR) is 72.5 cm³/mol. The maximum absolute atomic E-state index is 12.2. The van der Waals surface area contributed by atoms with E-state index < -0.39 is 17.6 Å². The normalized spacial score (nSPS) is 15.6. The van der Waals surface area contributed by atoms with Crippen molar-refractivity contribution in [3.8, 4) is 0 Å². The number of carbonyl (C=O) groups excluding carboxylic acids is 2. The second-order valence-electron chi connectivity index (χ2n) is 4.80. The summed E-state index contributed by atoms with van der Waals surface area (Å²) < 4.78 is 0. The molecule has 19 heavy (non-hydrogen) atoms. The molecule has 1 N–H and O–H groups in total. The number of aliphatic hydroxyl groups excluding tert-OH is 1. The Hall–Kier alpha value is -2.10. The topological polar surface area (TPSA) is 57.6 Å². The van der Waals surface area contributed by atoms with Crippen LogP contribution < -0.4 is 0 Å². The van der Waals surface area contributed by atoms with Gasteiger partial charge in [-0.15, -0.1) is 0 Å². The molecule has 0 bridgehead atoms. The fourth-order valence-corrected chi connectivity index (χ4v) is 2.33. The lowest BCUT2D eigenvalue weighted by molar-refractivity contribution is -0.138. The zero-order valence-electron chi connectivity index (χ0n) is 11.4. The van der Waals surface area contributed by atoms with E-state index in [2.05, 4.69) is 0 Å². The molecule has 1 aliphatic heterocycles. The smallest absolute Gasteiger partial charge is 0.296 e. The monoisotopic (exact) mass is 259 g/mol. The molecule has 0 aliphatic carbocycles. The van der Waals surface area contributed by atoms with Gasteiger partial charge in [-0.3, -0.25) is 14.5 Å². The molecule has 1 aliphatic rings. The van der Waals surface area contributed by atoms with E-state index in [0.29, 0.717) is 18.5 Å². The molecule has 1 heterocycles. The van der Waals surface area contributed by atoms with Crippen molar-refractivity contribution in [2.24, 2.45) is 0 Å². The Morgan fingerprint density at radius 3 is 2.42 bits per heavy atom. The van der Waals surface area contributed by atoms with Crippen molar-refractivity contribution in [1.29, 1.82) is 0 Å². The molecular formula is C15H17NO3. The molecule has 1 aromatic carbocycles. The lowest BCUT2D eigenvalue weighted by atomic mass is 9.98. The van der Waals surface area contributed by atoms with Crippen LogP contribution in [-0.4, -0.2) is 28.4 Å². The molecule has 0 spiro atoms. The van der Waals surface area contributed by atoms with Gasteiger partial charge in [0.05, 0.1) is 5.57 Å². The van der Waals surface area contributed by atoms with E-state index in [1.54, 1.807) is 6.07 Å². The SMILES string of the molecule is CCCN1C(=O)C(O)=C(c2ccc(C)cc2C)C1=O. The second-order valence-corrected chi connectivity index (χ2v) is 4.80. The Morgan fingerprint density at radius 2 is 1.84 bits per heavy atom. The predicted octanol–water partition coefficient (Wildman–Crippen LogP) is 2.35. The summed E-state index contributed by atoms with van der Waals surface area (Å²) in [7, 11) is 0. The van der Waals surface area contributed by atoms with Crippen LogP contribution in [0.2, 0.25) is 0 Å².